The first-order chi connectivity index (χ1) is 13.5. The minimum absolute atomic E-state index is 0.0475. The molecule has 3 rings (SSSR count). The van der Waals surface area contributed by atoms with Crippen LogP contribution in [-0.2, 0) is 20.9 Å². The highest BCUT2D eigenvalue weighted by atomic mass is 16.2. The maximum Gasteiger partial charge on any atom is 0.224 e. The molecular formula is C21H30N4O3. The minimum Gasteiger partial charge on any atom is -0.369 e. The van der Waals surface area contributed by atoms with E-state index in [0.29, 0.717) is 25.9 Å². The molecule has 0 bridgehead atoms. The van der Waals surface area contributed by atoms with Gasteiger partial charge in [-0.15, -0.1) is 0 Å². The Morgan fingerprint density at radius 2 is 1.82 bits per heavy atom. The number of amides is 3. The summed E-state index contributed by atoms with van der Waals surface area (Å²) in [6, 6.07) is 7.80. The maximum atomic E-state index is 12.0. The lowest BCUT2D eigenvalue weighted by Crippen LogP contribution is -2.40. The highest BCUT2D eigenvalue weighted by Crippen LogP contribution is 2.28. The number of nitrogens with zero attached hydrogens (tertiary/aromatic N) is 1. The minimum atomic E-state index is -0.213. The molecule has 1 aromatic carbocycles. The molecule has 1 unspecified atom stereocenters. The summed E-state index contributed by atoms with van der Waals surface area (Å²) in [6.07, 6.45) is 4.87. The first kappa shape index (κ1) is 20.3. The number of anilines is 1. The van der Waals surface area contributed by atoms with Gasteiger partial charge in [0.1, 0.15) is 0 Å². The van der Waals surface area contributed by atoms with E-state index in [1.54, 1.807) is 0 Å². The van der Waals surface area contributed by atoms with Gasteiger partial charge in [-0.25, -0.2) is 0 Å². The molecule has 2 fully saturated rings. The van der Waals surface area contributed by atoms with Crippen molar-refractivity contribution >= 4 is 23.4 Å². The summed E-state index contributed by atoms with van der Waals surface area (Å²) in [4.78, 5) is 37.2. The molecule has 3 amide bonds. The van der Waals surface area contributed by atoms with Gasteiger partial charge >= 0.3 is 0 Å². The second-order valence-corrected chi connectivity index (χ2v) is 7.89. The number of nitrogens with two attached hydrogens (primary N) is 1. The summed E-state index contributed by atoms with van der Waals surface area (Å²) < 4.78 is 0. The summed E-state index contributed by atoms with van der Waals surface area (Å²) in [5.74, 6) is 0.01000. The fourth-order valence-corrected chi connectivity index (χ4v) is 3.56. The molecule has 1 aromatic rings. The van der Waals surface area contributed by atoms with Crippen molar-refractivity contribution in [2.24, 2.45) is 17.6 Å². The number of nitrogens with one attached hydrogen (secondary N) is 2. The van der Waals surface area contributed by atoms with Crippen LogP contribution in [0.15, 0.2) is 24.3 Å². The van der Waals surface area contributed by atoms with E-state index in [2.05, 4.69) is 15.5 Å². The van der Waals surface area contributed by atoms with Crippen LogP contribution in [0.2, 0.25) is 0 Å². The van der Waals surface area contributed by atoms with Gasteiger partial charge in [-0.05, 0) is 56.3 Å². The van der Waals surface area contributed by atoms with Crippen molar-refractivity contribution in [1.82, 2.24) is 10.2 Å². The number of hydrogen-bond acceptors (Lipinski definition) is 4. The number of rotatable bonds is 9. The predicted octanol–water partition coefficient (Wildman–Crippen LogP) is 1.63. The smallest absolute Gasteiger partial charge is 0.224 e. The molecule has 7 heteroatoms. The first-order valence-electron chi connectivity index (χ1n) is 10.2. The second-order valence-electron chi connectivity index (χ2n) is 7.89. The Morgan fingerprint density at radius 1 is 1.07 bits per heavy atom. The zero-order valence-corrected chi connectivity index (χ0v) is 16.3. The Labute approximate surface area is 166 Å². The molecule has 1 aliphatic heterocycles. The van der Waals surface area contributed by atoms with E-state index < -0.39 is 0 Å². The van der Waals surface area contributed by atoms with E-state index in [0.717, 1.165) is 50.0 Å². The molecule has 1 saturated carbocycles. The molecule has 7 nitrogen and oxygen atoms in total. The Kier molecular flexibility index (Phi) is 7.03. The SMILES string of the molecule is NC(=O)C1CCCN(Cc2ccc(NC(=O)CCCNC(=O)C3CC3)cc2)C1. The monoisotopic (exact) mass is 386 g/mol. The predicted molar refractivity (Wildman–Crippen MR) is 107 cm³/mol. The van der Waals surface area contributed by atoms with Gasteiger partial charge in [0.2, 0.25) is 17.7 Å². The Balaban J connectivity index is 1.37. The zero-order valence-electron chi connectivity index (χ0n) is 16.3. The zero-order chi connectivity index (χ0) is 19.9. The van der Waals surface area contributed by atoms with Gasteiger partial charge in [-0.2, -0.15) is 0 Å². The van der Waals surface area contributed by atoms with Gasteiger partial charge < -0.3 is 16.4 Å². The molecule has 0 spiro atoms. The molecule has 2 aliphatic rings. The topological polar surface area (TPSA) is 105 Å². The van der Waals surface area contributed by atoms with Gasteiger partial charge in [-0.1, -0.05) is 12.1 Å². The molecule has 1 atom stereocenters. The Hall–Kier alpha value is -2.41. The third kappa shape index (κ3) is 6.34. The van der Waals surface area contributed by atoms with Crippen LogP contribution in [-0.4, -0.2) is 42.3 Å². The summed E-state index contributed by atoms with van der Waals surface area (Å²) >= 11 is 0. The van der Waals surface area contributed by atoms with Crippen LogP contribution in [0.4, 0.5) is 5.69 Å². The first-order valence-corrected chi connectivity index (χ1v) is 10.2. The third-order valence-corrected chi connectivity index (χ3v) is 5.38. The van der Waals surface area contributed by atoms with Gasteiger partial charge in [0.15, 0.2) is 0 Å². The lowest BCUT2D eigenvalue weighted by Gasteiger charge is -2.31. The quantitative estimate of drug-likeness (QED) is 0.561. The highest BCUT2D eigenvalue weighted by molar-refractivity contribution is 5.90. The summed E-state index contributed by atoms with van der Waals surface area (Å²) in [7, 11) is 0. The maximum absolute atomic E-state index is 12.0. The molecule has 152 valence electrons. The molecule has 1 heterocycles. The van der Waals surface area contributed by atoms with Crippen LogP contribution < -0.4 is 16.4 Å². The number of hydrogen-bond donors (Lipinski definition) is 3. The van der Waals surface area contributed by atoms with Crippen LogP contribution in [0.5, 0.6) is 0 Å². The number of primary amides is 1. The average Bonchev–Trinajstić information content (AvgIpc) is 3.52. The summed E-state index contributed by atoms with van der Waals surface area (Å²) in [5, 5.41) is 5.76. The van der Waals surface area contributed by atoms with Crippen molar-refractivity contribution in [2.45, 2.75) is 45.1 Å². The van der Waals surface area contributed by atoms with E-state index >= 15 is 0 Å². The number of carbonyl (C=O) groups is 3. The molecule has 0 aromatic heterocycles. The van der Waals surface area contributed by atoms with Gasteiger partial charge in [0, 0.05) is 37.7 Å². The fourth-order valence-electron chi connectivity index (χ4n) is 3.56. The van der Waals surface area contributed by atoms with Crippen LogP contribution in [0, 0.1) is 11.8 Å². The molecule has 1 aliphatic carbocycles. The number of benzene rings is 1. The van der Waals surface area contributed by atoms with E-state index in [1.807, 2.05) is 24.3 Å². The van der Waals surface area contributed by atoms with Crippen molar-refractivity contribution in [2.75, 3.05) is 25.0 Å². The lowest BCUT2D eigenvalue weighted by atomic mass is 9.97. The number of likely N-dealkylation sites (tertiary alicyclic amines) is 1. The average molecular weight is 386 g/mol. The third-order valence-electron chi connectivity index (χ3n) is 5.38. The van der Waals surface area contributed by atoms with E-state index in [1.165, 1.54) is 0 Å². The van der Waals surface area contributed by atoms with E-state index in [4.69, 9.17) is 5.73 Å². The Morgan fingerprint density at radius 3 is 2.50 bits per heavy atom. The molecule has 28 heavy (non-hydrogen) atoms. The van der Waals surface area contributed by atoms with Crippen molar-refractivity contribution in [3.63, 3.8) is 0 Å². The van der Waals surface area contributed by atoms with Crippen molar-refractivity contribution in [3.05, 3.63) is 29.8 Å². The van der Waals surface area contributed by atoms with Gasteiger partial charge in [-0.3, -0.25) is 19.3 Å². The molecule has 1 saturated heterocycles. The van der Waals surface area contributed by atoms with Gasteiger partial charge in [0.05, 0.1) is 5.92 Å². The number of piperidine rings is 1. The van der Waals surface area contributed by atoms with E-state index in [9.17, 15) is 14.4 Å². The summed E-state index contributed by atoms with van der Waals surface area (Å²) in [6.45, 7) is 3.01. The Bertz CT molecular complexity index is 700. The van der Waals surface area contributed by atoms with Crippen LogP contribution in [0.1, 0.15) is 44.1 Å². The van der Waals surface area contributed by atoms with Crippen molar-refractivity contribution in [3.8, 4) is 0 Å². The molecular weight excluding hydrogens is 356 g/mol. The van der Waals surface area contributed by atoms with E-state index in [-0.39, 0.29) is 29.6 Å². The highest BCUT2D eigenvalue weighted by Gasteiger charge is 2.29. The number of carbonyl (C=O) groups excluding carboxylic acids is 3. The van der Waals surface area contributed by atoms with Gasteiger partial charge in [0.25, 0.3) is 0 Å². The van der Waals surface area contributed by atoms with Crippen LogP contribution in [0.25, 0.3) is 0 Å². The van der Waals surface area contributed by atoms with Crippen LogP contribution in [0.3, 0.4) is 0 Å². The normalized spacial score (nSPS) is 19.8. The lowest BCUT2D eigenvalue weighted by molar-refractivity contribution is -0.123. The van der Waals surface area contributed by atoms with Crippen LogP contribution >= 0.6 is 0 Å². The molecule has 4 N–H and O–H groups in total. The largest absolute Gasteiger partial charge is 0.369 e. The second kappa shape index (κ2) is 9.68. The van der Waals surface area contributed by atoms with Crippen molar-refractivity contribution in [1.29, 1.82) is 0 Å². The van der Waals surface area contributed by atoms with Crippen molar-refractivity contribution < 1.29 is 14.4 Å². The fraction of sp³-hybridized carbons (Fsp3) is 0.571. The standard InChI is InChI=1S/C21H30N4O3/c22-20(27)17-3-2-12-25(14-17)13-15-5-9-18(10-6-15)24-19(26)4-1-11-23-21(28)16-7-8-16/h5-6,9-10,16-17H,1-4,7-8,11-14H2,(H2,22,27)(H,23,28)(H,24,26). The molecule has 0 radical (unpaired) electrons. The summed E-state index contributed by atoms with van der Waals surface area (Å²) in [5.41, 5.74) is 7.35.